The van der Waals surface area contributed by atoms with Crippen molar-refractivity contribution >= 4 is 5.91 Å². The molecule has 150 valence electrons. The van der Waals surface area contributed by atoms with E-state index >= 15 is 0 Å². The largest absolute Gasteiger partial charge is 0.401 e. The molecule has 26 heavy (non-hydrogen) atoms. The summed E-state index contributed by atoms with van der Waals surface area (Å²) in [6.07, 6.45) is -2.84. The Balaban J connectivity index is 2.36. The summed E-state index contributed by atoms with van der Waals surface area (Å²) in [4.78, 5) is 13.1. The zero-order valence-electron chi connectivity index (χ0n) is 15.3. The molecule has 0 radical (unpaired) electrons. The number of rotatable bonds is 12. The summed E-state index contributed by atoms with van der Waals surface area (Å²) >= 11 is 0. The predicted molar refractivity (Wildman–Crippen MR) is 87.6 cm³/mol. The SMILES string of the molecule is CCOC(Cn1cc(C(=O)NCCCN(C)CC(F)(F)F)nn1)OCC. The fraction of sp³-hybridized carbons (Fsp3) is 0.800. The number of ether oxygens (including phenoxy) is 2. The van der Waals surface area contributed by atoms with Gasteiger partial charge in [-0.3, -0.25) is 9.69 Å². The fourth-order valence-corrected chi connectivity index (χ4v) is 2.20. The Morgan fingerprint density at radius 3 is 2.58 bits per heavy atom. The second kappa shape index (κ2) is 11.1. The molecular formula is C15H26F3N5O3. The van der Waals surface area contributed by atoms with Crippen LogP contribution in [0.4, 0.5) is 13.2 Å². The van der Waals surface area contributed by atoms with Gasteiger partial charge in [0.2, 0.25) is 0 Å². The minimum Gasteiger partial charge on any atom is -0.351 e. The Kier molecular flexibility index (Phi) is 9.52. The van der Waals surface area contributed by atoms with Crippen LogP contribution in [0.25, 0.3) is 0 Å². The van der Waals surface area contributed by atoms with Crippen molar-refractivity contribution in [2.75, 3.05) is 39.9 Å². The van der Waals surface area contributed by atoms with Gasteiger partial charge in [-0.25, -0.2) is 4.68 Å². The lowest BCUT2D eigenvalue weighted by molar-refractivity contribution is -0.145. The molecule has 0 bridgehead atoms. The molecule has 1 rings (SSSR count). The van der Waals surface area contributed by atoms with Crippen LogP contribution < -0.4 is 5.32 Å². The minimum atomic E-state index is -4.22. The Morgan fingerprint density at radius 1 is 1.35 bits per heavy atom. The number of alkyl halides is 3. The molecule has 0 saturated carbocycles. The predicted octanol–water partition coefficient (Wildman–Crippen LogP) is 1.29. The Hall–Kier alpha value is -1.72. The van der Waals surface area contributed by atoms with Crippen molar-refractivity contribution in [1.82, 2.24) is 25.2 Å². The van der Waals surface area contributed by atoms with Crippen LogP contribution in [0.15, 0.2) is 6.20 Å². The molecule has 1 heterocycles. The second-order valence-electron chi connectivity index (χ2n) is 5.63. The number of hydrogen-bond acceptors (Lipinski definition) is 6. The highest BCUT2D eigenvalue weighted by atomic mass is 19.4. The van der Waals surface area contributed by atoms with Gasteiger partial charge >= 0.3 is 6.18 Å². The van der Waals surface area contributed by atoms with Gasteiger partial charge in [0.15, 0.2) is 12.0 Å². The number of amides is 1. The molecule has 1 aromatic rings. The maximum Gasteiger partial charge on any atom is 0.401 e. The lowest BCUT2D eigenvalue weighted by atomic mass is 10.3. The van der Waals surface area contributed by atoms with E-state index in [9.17, 15) is 18.0 Å². The number of halogens is 3. The van der Waals surface area contributed by atoms with E-state index in [-0.39, 0.29) is 18.8 Å². The molecule has 1 N–H and O–H groups in total. The monoisotopic (exact) mass is 381 g/mol. The standard InChI is InChI=1S/C15H26F3N5O3/c1-4-25-13(26-5-2)10-23-9-12(20-21-23)14(24)19-7-6-8-22(3)11-15(16,17)18/h9,13H,4-8,10-11H2,1-3H3,(H,19,24). The first-order valence-corrected chi connectivity index (χ1v) is 8.42. The molecular weight excluding hydrogens is 355 g/mol. The summed E-state index contributed by atoms with van der Waals surface area (Å²) in [6, 6.07) is 0. The van der Waals surface area contributed by atoms with Crippen molar-refractivity contribution in [3.8, 4) is 0 Å². The van der Waals surface area contributed by atoms with E-state index in [2.05, 4.69) is 15.6 Å². The Labute approximate surface area is 150 Å². The second-order valence-corrected chi connectivity index (χ2v) is 5.63. The van der Waals surface area contributed by atoms with Crippen molar-refractivity contribution in [2.45, 2.75) is 39.3 Å². The number of aromatic nitrogens is 3. The third kappa shape index (κ3) is 9.11. The number of carbonyl (C=O) groups excluding carboxylic acids is 1. The summed E-state index contributed by atoms with van der Waals surface area (Å²) < 4.78 is 48.9. The fourth-order valence-electron chi connectivity index (χ4n) is 2.20. The molecule has 0 unspecified atom stereocenters. The summed E-state index contributed by atoms with van der Waals surface area (Å²) in [6.45, 7) is 4.44. The first kappa shape index (κ1) is 22.3. The lowest BCUT2D eigenvalue weighted by Crippen LogP contribution is -2.33. The topological polar surface area (TPSA) is 81.5 Å². The summed E-state index contributed by atoms with van der Waals surface area (Å²) in [5, 5.41) is 10.2. The number of hydrogen-bond donors (Lipinski definition) is 1. The van der Waals surface area contributed by atoms with Gasteiger partial charge in [0, 0.05) is 19.8 Å². The molecule has 0 fully saturated rings. The van der Waals surface area contributed by atoms with E-state index in [1.165, 1.54) is 17.9 Å². The molecule has 0 aliphatic carbocycles. The molecule has 11 heteroatoms. The van der Waals surface area contributed by atoms with E-state index in [1.807, 2.05) is 13.8 Å². The number of nitrogens with one attached hydrogen (secondary N) is 1. The Bertz CT molecular complexity index is 533. The zero-order valence-corrected chi connectivity index (χ0v) is 15.3. The van der Waals surface area contributed by atoms with Crippen LogP contribution in [0, 0.1) is 0 Å². The van der Waals surface area contributed by atoms with Gasteiger partial charge in [-0.1, -0.05) is 5.21 Å². The van der Waals surface area contributed by atoms with Crippen molar-refractivity contribution in [1.29, 1.82) is 0 Å². The van der Waals surface area contributed by atoms with Gasteiger partial charge < -0.3 is 14.8 Å². The van der Waals surface area contributed by atoms with E-state index in [0.717, 1.165) is 4.90 Å². The molecule has 0 aliphatic heterocycles. The van der Waals surface area contributed by atoms with Gasteiger partial charge in [0.05, 0.1) is 19.3 Å². The van der Waals surface area contributed by atoms with Crippen LogP contribution in [-0.2, 0) is 16.0 Å². The van der Waals surface area contributed by atoms with Crippen molar-refractivity contribution in [2.24, 2.45) is 0 Å². The van der Waals surface area contributed by atoms with Crippen LogP contribution in [0.2, 0.25) is 0 Å². The van der Waals surface area contributed by atoms with E-state index < -0.39 is 24.9 Å². The molecule has 0 spiro atoms. The summed E-state index contributed by atoms with van der Waals surface area (Å²) in [5.41, 5.74) is 0.125. The average Bonchev–Trinajstić information content (AvgIpc) is 2.99. The van der Waals surface area contributed by atoms with Gasteiger partial charge in [-0.05, 0) is 33.9 Å². The highest BCUT2D eigenvalue weighted by molar-refractivity contribution is 5.91. The van der Waals surface area contributed by atoms with Crippen LogP contribution in [0.5, 0.6) is 0 Å². The van der Waals surface area contributed by atoms with Crippen molar-refractivity contribution in [3.05, 3.63) is 11.9 Å². The average molecular weight is 381 g/mol. The number of nitrogens with zero attached hydrogens (tertiary/aromatic N) is 4. The van der Waals surface area contributed by atoms with Gasteiger partial charge in [0.25, 0.3) is 5.91 Å². The molecule has 0 atom stereocenters. The molecule has 1 aromatic heterocycles. The maximum absolute atomic E-state index is 12.2. The first-order valence-electron chi connectivity index (χ1n) is 8.42. The highest BCUT2D eigenvalue weighted by Gasteiger charge is 2.28. The zero-order chi connectivity index (χ0) is 19.6. The summed E-state index contributed by atoms with van der Waals surface area (Å²) in [7, 11) is 1.38. The van der Waals surface area contributed by atoms with Gasteiger partial charge in [-0.15, -0.1) is 5.10 Å². The van der Waals surface area contributed by atoms with Crippen LogP contribution in [0.1, 0.15) is 30.8 Å². The third-order valence-corrected chi connectivity index (χ3v) is 3.26. The van der Waals surface area contributed by atoms with Gasteiger partial charge in [0.1, 0.15) is 0 Å². The van der Waals surface area contributed by atoms with Crippen LogP contribution in [-0.4, -0.2) is 78.2 Å². The maximum atomic E-state index is 12.2. The first-order chi connectivity index (χ1) is 12.2. The third-order valence-electron chi connectivity index (χ3n) is 3.26. The summed E-state index contributed by atoms with van der Waals surface area (Å²) in [5.74, 6) is -0.431. The minimum absolute atomic E-state index is 0.125. The van der Waals surface area contributed by atoms with E-state index in [0.29, 0.717) is 26.2 Å². The highest BCUT2D eigenvalue weighted by Crippen LogP contribution is 2.15. The lowest BCUT2D eigenvalue weighted by Gasteiger charge is -2.18. The van der Waals surface area contributed by atoms with E-state index in [4.69, 9.17) is 9.47 Å². The Morgan fingerprint density at radius 2 is 2.00 bits per heavy atom. The van der Waals surface area contributed by atoms with Crippen molar-refractivity contribution in [3.63, 3.8) is 0 Å². The number of carbonyl (C=O) groups is 1. The normalized spacial score (nSPS) is 12.2. The van der Waals surface area contributed by atoms with Crippen molar-refractivity contribution < 1.29 is 27.4 Å². The van der Waals surface area contributed by atoms with Crippen LogP contribution >= 0.6 is 0 Å². The van der Waals surface area contributed by atoms with Crippen LogP contribution in [0.3, 0.4) is 0 Å². The molecule has 0 saturated heterocycles. The van der Waals surface area contributed by atoms with E-state index in [1.54, 1.807) is 0 Å². The quantitative estimate of drug-likeness (QED) is 0.434. The smallest absolute Gasteiger partial charge is 0.351 e. The van der Waals surface area contributed by atoms with Gasteiger partial charge in [-0.2, -0.15) is 13.2 Å². The molecule has 8 nitrogen and oxygen atoms in total. The molecule has 0 aromatic carbocycles. The molecule has 0 aliphatic rings. The molecule has 1 amide bonds.